The molecular formula is C18H16Br2O3. The number of aromatic hydroxyl groups is 2. The van der Waals surface area contributed by atoms with Crippen LogP contribution in [0.3, 0.4) is 0 Å². The Hall–Kier alpha value is -1.33. The zero-order valence-electron chi connectivity index (χ0n) is 12.3. The Morgan fingerprint density at radius 1 is 0.870 bits per heavy atom. The lowest BCUT2D eigenvalue weighted by Gasteiger charge is -2.34. The van der Waals surface area contributed by atoms with Gasteiger partial charge in [0, 0.05) is 20.8 Å². The van der Waals surface area contributed by atoms with Crippen molar-refractivity contribution in [3.63, 3.8) is 0 Å². The predicted molar refractivity (Wildman–Crippen MR) is 95.6 cm³/mol. The van der Waals surface area contributed by atoms with Crippen molar-refractivity contribution in [3.8, 4) is 11.5 Å². The van der Waals surface area contributed by atoms with E-state index >= 15 is 0 Å². The van der Waals surface area contributed by atoms with Crippen LogP contribution in [0.4, 0.5) is 0 Å². The third-order valence-electron chi connectivity index (χ3n) is 4.37. The lowest BCUT2D eigenvalue weighted by Crippen LogP contribution is -2.39. The smallest absolute Gasteiger partial charge is 0.139 e. The minimum atomic E-state index is 0.00850. The maximum atomic E-state index is 12.4. The molecule has 5 heteroatoms. The maximum Gasteiger partial charge on any atom is 0.139 e. The molecule has 120 valence electrons. The summed E-state index contributed by atoms with van der Waals surface area (Å²) in [5.74, 6) is 0.712. The molecule has 2 aromatic rings. The van der Waals surface area contributed by atoms with Gasteiger partial charge in [0.2, 0.25) is 0 Å². The normalized spacial score (nSPS) is 20.3. The van der Waals surface area contributed by atoms with E-state index in [9.17, 15) is 15.0 Å². The van der Waals surface area contributed by atoms with Gasteiger partial charge in [0.05, 0.1) is 0 Å². The molecule has 0 spiro atoms. The number of phenolic OH excluding ortho intramolecular Hbond substituents is 2. The first-order chi connectivity index (χ1) is 10.9. The number of Topliss-reactive ketones (excluding diaryl/α,β-unsaturated/α-hetero) is 1. The third-order valence-corrected chi connectivity index (χ3v) is 5.91. The van der Waals surface area contributed by atoms with E-state index in [1.54, 1.807) is 36.4 Å². The standard InChI is InChI=1S/C18H16Br2O3/c19-16-3-1-14(21)8-10(16)5-12-7-13(18(12)23)6-11-9-15(22)2-4-17(11)20/h1-4,8-9,12-13,21-22H,5-7H2/t12-,13?/m0/s1. The fraction of sp³-hybridized carbons (Fsp3) is 0.278. The second kappa shape index (κ2) is 6.65. The van der Waals surface area contributed by atoms with Crippen LogP contribution in [0.5, 0.6) is 11.5 Å². The number of rotatable bonds is 4. The number of carbonyl (C=O) groups is 1. The van der Waals surface area contributed by atoms with Crippen LogP contribution in [0.2, 0.25) is 0 Å². The van der Waals surface area contributed by atoms with Crippen molar-refractivity contribution in [2.24, 2.45) is 11.8 Å². The fourth-order valence-corrected chi connectivity index (χ4v) is 3.90. The first-order valence-corrected chi connectivity index (χ1v) is 9.01. The molecule has 1 saturated carbocycles. The highest BCUT2D eigenvalue weighted by molar-refractivity contribution is 9.10. The Morgan fingerprint density at radius 2 is 1.30 bits per heavy atom. The molecule has 1 aliphatic rings. The average molecular weight is 440 g/mol. The lowest BCUT2D eigenvalue weighted by atomic mass is 9.68. The van der Waals surface area contributed by atoms with Crippen molar-refractivity contribution < 1.29 is 15.0 Å². The number of phenols is 2. The molecule has 1 unspecified atom stereocenters. The molecule has 0 aliphatic heterocycles. The summed E-state index contributed by atoms with van der Waals surface area (Å²) in [7, 11) is 0. The summed E-state index contributed by atoms with van der Waals surface area (Å²) in [6.07, 6.45) is 2.13. The van der Waals surface area contributed by atoms with Gasteiger partial charge < -0.3 is 10.2 Å². The number of ketones is 1. The molecule has 0 radical (unpaired) electrons. The highest BCUT2D eigenvalue weighted by Gasteiger charge is 2.39. The second-order valence-electron chi connectivity index (χ2n) is 5.99. The SMILES string of the molecule is O=C1C(Cc2cc(O)ccc2Br)C[C@@H]1Cc1cc(O)ccc1Br. The van der Waals surface area contributed by atoms with Gasteiger partial charge >= 0.3 is 0 Å². The zero-order valence-corrected chi connectivity index (χ0v) is 15.5. The van der Waals surface area contributed by atoms with E-state index < -0.39 is 0 Å². The van der Waals surface area contributed by atoms with Gasteiger partial charge in [-0.25, -0.2) is 0 Å². The Kier molecular flexibility index (Phi) is 4.78. The second-order valence-corrected chi connectivity index (χ2v) is 7.70. The summed E-state index contributed by atoms with van der Waals surface area (Å²) < 4.78 is 1.84. The predicted octanol–water partition coefficient (Wildman–Crippen LogP) is 4.61. The molecule has 3 nitrogen and oxygen atoms in total. The highest BCUT2D eigenvalue weighted by Crippen LogP contribution is 2.38. The molecule has 0 saturated heterocycles. The van der Waals surface area contributed by atoms with Crippen molar-refractivity contribution >= 4 is 37.6 Å². The monoisotopic (exact) mass is 438 g/mol. The molecule has 3 rings (SSSR count). The van der Waals surface area contributed by atoms with Crippen molar-refractivity contribution in [2.45, 2.75) is 19.3 Å². The Labute approximate surface area is 151 Å². The first-order valence-electron chi connectivity index (χ1n) is 7.42. The summed E-state index contributed by atoms with van der Waals surface area (Å²) in [4.78, 5) is 12.4. The van der Waals surface area contributed by atoms with Crippen LogP contribution >= 0.6 is 31.9 Å². The van der Waals surface area contributed by atoms with Crippen LogP contribution in [-0.4, -0.2) is 16.0 Å². The number of halogens is 2. The number of hydrogen-bond donors (Lipinski definition) is 2. The summed E-state index contributed by atoms with van der Waals surface area (Å²) >= 11 is 6.92. The topological polar surface area (TPSA) is 57.5 Å². The minimum absolute atomic E-state index is 0.00850. The van der Waals surface area contributed by atoms with Crippen LogP contribution in [0.1, 0.15) is 17.5 Å². The largest absolute Gasteiger partial charge is 0.508 e. The summed E-state index contributed by atoms with van der Waals surface area (Å²) in [5, 5.41) is 19.2. The van der Waals surface area contributed by atoms with E-state index in [4.69, 9.17) is 0 Å². The first kappa shape index (κ1) is 16.5. The summed E-state index contributed by atoms with van der Waals surface area (Å²) in [6.45, 7) is 0. The van der Waals surface area contributed by atoms with Crippen LogP contribution < -0.4 is 0 Å². The van der Waals surface area contributed by atoms with E-state index in [-0.39, 0.29) is 29.1 Å². The van der Waals surface area contributed by atoms with E-state index in [0.717, 1.165) is 26.5 Å². The van der Waals surface area contributed by atoms with Crippen LogP contribution in [0.25, 0.3) is 0 Å². The van der Waals surface area contributed by atoms with E-state index in [1.165, 1.54) is 0 Å². The van der Waals surface area contributed by atoms with E-state index in [1.807, 2.05) is 0 Å². The molecule has 0 bridgehead atoms. The number of carbonyl (C=O) groups excluding carboxylic acids is 1. The van der Waals surface area contributed by atoms with Gasteiger partial charge in [-0.3, -0.25) is 4.79 Å². The van der Waals surface area contributed by atoms with Gasteiger partial charge in [-0.05, 0) is 66.8 Å². The Balaban J connectivity index is 1.64. The van der Waals surface area contributed by atoms with Crippen molar-refractivity contribution in [1.29, 1.82) is 0 Å². The van der Waals surface area contributed by atoms with Gasteiger partial charge in [-0.1, -0.05) is 31.9 Å². The molecule has 0 aromatic heterocycles. The molecule has 0 heterocycles. The average Bonchev–Trinajstić information content (AvgIpc) is 2.52. The minimum Gasteiger partial charge on any atom is -0.508 e. The Morgan fingerprint density at radius 3 is 1.70 bits per heavy atom. The summed E-state index contributed by atoms with van der Waals surface area (Å²) in [6, 6.07) is 10.3. The van der Waals surface area contributed by atoms with E-state index in [2.05, 4.69) is 31.9 Å². The van der Waals surface area contributed by atoms with Gasteiger partial charge in [0.1, 0.15) is 17.3 Å². The molecule has 23 heavy (non-hydrogen) atoms. The number of benzene rings is 2. The van der Waals surface area contributed by atoms with Crippen LogP contribution in [0.15, 0.2) is 45.3 Å². The Bertz CT molecular complexity index is 696. The van der Waals surface area contributed by atoms with Crippen molar-refractivity contribution in [3.05, 3.63) is 56.5 Å². The van der Waals surface area contributed by atoms with E-state index in [0.29, 0.717) is 12.8 Å². The zero-order chi connectivity index (χ0) is 16.6. The van der Waals surface area contributed by atoms with Crippen molar-refractivity contribution in [2.75, 3.05) is 0 Å². The molecule has 2 aromatic carbocycles. The molecule has 2 N–H and O–H groups in total. The molecule has 1 aliphatic carbocycles. The molecular weight excluding hydrogens is 424 g/mol. The third kappa shape index (κ3) is 3.61. The quantitative estimate of drug-likeness (QED) is 0.731. The summed E-state index contributed by atoms with van der Waals surface area (Å²) in [5.41, 5.74) is 1.92. The van der Waals surface area contributed by atoms with Crippen LogP contribution in [0, 0.1) is 11.8 Å². The van der Waals surface area contributed by atoms with Gasteiger partial charge in [0.15, 0.2) is 0 Å². The van der Waals surface area contributed by atoms with Gasteiger partial charge in [0.25, 0.3) is 0 Å². The number of hydrogen-bond acceptors (Lipinski definition) is 3. The molecule has 1 fully saturated rings. The highest BCUT2D eigenvalue weighted by atomic mass is 79.9. The maximum absolute atomic E-state index is 12.4. The van der Waals surface area contributed by atoms with Gasteiger partial charge in [-0.15, -0.1) is 0 Å². The fourth-order valence-electron chi connectivity index (χ4n) is 3.08. The van der Waals surface area contributed by atoms with Gasteiger partial charge in [-0.2, -0.15) is 0 Å². The van der Waals surface area contributed by atoms with Crippen LogP contribution in [-0.2, 0) is 17.6 Å². The molecule has 2 atom stereocenters. The van der Waals surface area contributed by atoms with Crippen molar-refractivity contribution in [1.82, 2.24) is 0 Å². The molecule has 0 amide bonds. The lowest BCUT2D eigenvalue weighted by molar-refractivity contribution is -0.135.